The Balaban J connectivity index is 2.23. The zero-order chi connectivity index (χ0) is 17.3. The number of hydrogen-bond donors (Lipinski definition) is 2. The molecule has 0 spiro atoms. The molecule has 3 N–H and O–H groups in total. The lowest BCUT2D eigenvalue weighted by Gasteiger charge is -2.15. The Bertz CT molecular complexity index is 869. The number of hydrogen-bond acceptors (Lipinski definition) is 3. The van der Waals surface area contributed by atoms with Gasteiger partial charge in [-0.3, -0.25) is 4.98 Å². The zero-order valence-corrected chi connectivity index (χ0v) is 14.5. The van der Waals surface area contributed by atoms with Gasteiger partial charge in [-0.15, -0.1) is 0 Å². The maximum atomic E-state index is 10.5. The molecule has 124 valence electrons. The van der Waals surface area contributed by atoms with E-state index in [-0.39, 0.29) is 0 Å². The van der Waals surface area contributed by atoms with Crippen LogP contribution in [0.2, 0.25) is 0 Å². The third-order valence-corrected chi connectivity index (χ3v) is 4.88. The van der Waals surface area contributed by atoms with Crippen LogP contribution in [0.4, 0.5) is 0 Å². The van der Waals surface area contributed by atoms with Gasteiger partial charge < -0.3 is 10.8 Å². The second-order valence-corrected chi connectivity index (χ2v) is 6.37. The molecule has 3 heteroatoms. The maximum absolute atomic E-state index is 10.5. The minimum absolute atomic E-state index is 0.292. The van der Waals surface area contributed by atoms with Gasteiger partial charge in [-0.25, -0.2) is 0 Å². The fraction of sp³-hybridized carbons (Fsp3) is 0.286. The Labute approximate surface area is 143 Å². The SMILES string of the molecule is CCc1cnc2ccc(O)c(-c3ccc([C@@H](C)CN)cc3)c2c1C. The molecule has 3 rings (SSSR count). The number of benzene rings is 2. The third-order valence-electron chi connectivity index (χ3n) is 4.88. The van der Waals surface area contributed by atoms with Crippen LogP contribution in [-0.2, 0) is 6.42 Å². The number of nitrogens with zero attached hydrogens (tertiary/aromatic N) is 1. The van der Waals surface area contributed by atoms with E-state index >= 15 is 0 Å². The standard InChI is InChI=1S/C21H24N2O/c1-4-15-12-23-18-9-10-19(24)21(20(18)14(15)3)17-7-5-16(6-8-17)13(2)11-22/h5-10,12-13,24H,4,11,22H2,1-3H3/t13-/m0/s1. The van der Waals surface area contributed by atoms with Gasteiger partial charge >= 0.3 is 0 Å². The Morgan fingerprint density at radius 2 is 1.83 bits per heavy atom. The molecule has 1 heterocycles. The van der Waals surface area contributed by atoms with Crippen molar-refractivity contribution in [2.45, 2.75) is 33.1 Å². The van der Waals surface area contributed by atoms with Gasteiger partial charge in [0.1, 0.15) is 5.75 Å². The van der Waals surface area contributed by atoms with Gasteiger partial charge in [0.25, 0.3) is 0 Å². The zero-order valence-electron chi connectivity index (χ0n) is 14.5. The third kappa shape index (κ3) is 2.76. The molecule has 3 nitrogen and oxygen atoms in total. The monoisotopic (exact) mass is 320 g/mol. The van der Waals surface area contributed by atoms with Crippen LogP contribution in [0.25, 0.3) is 22.0 Å². The van der Waals surface area contributed by atoms with E-state index in [4.69, 9.17) is 5.73 Å². The largest absolute Gasteiger partial charge is 0.507 e. The van der Waals surface area contributed by atoms with E-state index in [9.17, 15) is 5.11 Å². The first-order chi connectivity index (χ1) is 11.6. The predicted molar refractivity (Wildman–Crippen MR) is 100 cm³/mol. The second kappa shape index (κ2) is 6.62. The smallest absolute Gasteiger partial charge is 0.124 e. The van der Waals surface area contributed by atoms with Gasteiger partial charge in [-0.2, -0.15) is 0 Å². The highest BCUT2D eigenvalue weighted by molar-refractivity contribution is 6.00. The van der Waals surface area contributed by atoms with Crippen molar-refractivity contribution in [1.82, 2.24) is 4.98 Å². The lowest BCUT2D eigenvalue weighted by molar-refractivity contribution is 0.478. The molecule has 0 bridgehead atoms. The molecule has 1 atom stereocenters. The molecule has 2 aromatic carbocycles. The van der Waals surface area contributed by atoms with Gasteiger partial charge in [0.15, 0.2) is 0 Å². The first-order valence-electron chi connectivity index (χ1n) is 8.47. The van der Waals surface area contributed by atoms with Gasteiger partial charge in [0.2, 0.25) is 0 Å². The summed E-state index contributed by atoms with van der Waals surface area (Å²) in [6.07, 6.45) is 2.86. The number of phenols is 1. The summed E-state index contributed by atoms with van der Waals surface area (Å²) in [7, 11) is 0. The number of fused-ring (bicyclic) bond motifs is 1. The highest BCUT2D eigenvalue weighted by atomic mass is 16.3. The minimum Gasteiger partial charge on any atom is -0.507 e. The van der Waals surface area contributed by atoms with E-state index < -0.39 is 0 Å². The molecule has 0 saturated heterocycles. The first kappa shape index (κ1) is 16.5. The van der Waals surface area contributed by atoms with E-state index in [1.54, 1.807) is 6.07 Å². The molecule has 1 aromatic heterocycles. The van der Waals surface area contributed by atoms with Crippen molar-refractivity contribution in [2.75, 3.05) is 6.54 Å². The number of aryl methyl sites for hydroxylation is 2. The van der Waals surface area contributed by atoms with Crippen LogP contribution >= 0.6 is 0 Å². The summed E-state index contributed by atoms with van der Waals surface area (Å²) in [4.78, 5) is 4.57. The van der Waals surface area contributed by atoms with E-state index in [0.29, 0.717) is 18.2 Å². The summed E-state index contributed by atoms with van der Waals surface area (Å²) in [6, 6.07) is 11.9. The van der Waals surface area contributed by atoms with Crippen molar-refractivity contribution in [3.05, 3.63) is 59.3 Å². The Morgan fingerprint density at radius 3 is 2.46 bits per heavy atom. The molecule has 0 aliphatic heterocycles. The summed E-state index contributed by atoms with van der Waals surface area (Å²) in [5, 5.41) is 11.6. The Kier molecular flexibility index (Phi) is 4.54. The lowest BCUT2D eigenvalue weighted by atomic mass is 9.92. The number of pyridine rings is 1. The molecule has 0 radical (unpaired) electrons. The van der Waals surface area contributed by atoms with Crippen molar-refractivity contribution in [3.63, 3.8) is 0 Å². The van der Waals surface area contributed by atoms with Crippen LogP contribution in [0.1, 0.15) is 36.5 Å². The topological polar surface area (TPSA) is 59.1 Å². The van der Waals surface area contributed by atoms with Crippen LogP contribution < -0.4 is 5.73 Å². The van der Waals surface area contributed by atoms with Crippen molar-refractivity contribution in [2.24, 2.45) is 5.73 Å². The molecule has 0 aliphatic rings. The highest BCUT2D eigenvalue weighted by Crippen LogP contribution is 2.38. The molecule has 24 heavy (non-hydrogen) atoms. The normalized spacial score (nSPS) is 12.5. The van der Waals surface area contributed by atoms with Gasteiger partial charge in [-0.05, 0) is 60.2 Å². The lowest BCUT2D eigenvalue weighted by Crippen LogP contribution is -2.08. The molecule has 0 amide bonds. The number of rotatable bonds is 4. The van der Waals surface area contributed by atoms with E-state index in [0.717, 1.165) is 28.5 Å². The molecule has 0 fully saturated rings. The van der Waals surface area contributed by atoms with Crippen molar-refractivity contribution < 1.29 is 5.11 Å². The fourth-order valence-electron chi connectivity index (χ4n) is 3.24. The number of nitrogens with two attached hydrogens (primary N) is 1. The maximum Gasteiger partial charge on any atom is 0.124 e. The van der Waals surface area contributed by atoms with E-state index in [2.05, 4.69) is 50.0 Å². The summed E-state index contributed by atoms with van der Waals surface area (Å²) in [5.41, 5.74) is 12.1. The molecule has 0 aliphatic carbocycles. The van der Waals surface area contributed by atoms with Crippen LogP contribution in [0, 0.1) is 6.92 Å². The van der Waals surface area contributed by atoms with E-state index in [1.165, 1.54) is 16.7 Å². The summed E-state index contributed by atoms with van der Waals surface area (Å²) >= 11 is 0. The summed E-state index contributed by atoms with van der Waals surface area (Å²) in [6.45, 7) is 6.98. The molecule has 0 saturated carbocycles. The molecule has 0 unspecified atom stereocenters. The average Bonchev–Trinajstić information content (AvgIpc) is 2.62. The van der Waals surface area contributed by atoms with Crippen molar-refractivity contribution in [1.29, 1.82) is 0 Å². The van der Waals surface area contributed by atoms with E-state index in [1.807, 2.05) is 12.3 Å². The van der Waals surface area contributed by atoms with Crippen LogP contribution in [0.5, 0.6) is 5.75 Å². The Morgan fingerprint density at radius 1 is 1.12 bits per heavy atom. The second-order valence-electron chi connectivity index (χ2n) is 6.37. The molecular formula is C21H24N2O. The van der Waals surface area contributed by atoms with Gasteiger partial charge in [0, 0.05) is 17.1 Å². The summed E-state index contributed by atoms with van der Waals surface area (Å²) < 4.78 is 0. The van der Waals surface area contributed by atoms with Gasteiger partial charge in [0.05, 0.1) is 5.52 Å². The number of aromatic hydroxyl groups is 1. The predicted octanol–water partition coefficient (Wildman–Crippen LogP) is 4.54. The molecular weight excluding hydrogens is 296 g/mol. The van der Waals surface area contributed by atoms with Crippen molar-refractivity contribution >= 4 is 10.9 Å². The number of aromatic nitrogens is 1. The average molecular weight is 320 g/mol. The Hall–Kier alpha value is -2.39. The quantitative estimate of drug-likeness (QED) is 0.742. The molecule has 3 aromatic rings. The first-order valence-corrected chi connectivity index (χ1v) is 8.47. The summed E-state index contributed by atoms with van der Waals surface area (Å²) in [5.74, 6) is 0.621. The van der Waals surface area contributed by atoms with Crippen LogP contribution in [0.15, 0.2) is 42.6 Å². The highest BCUT2D eigenvalue weighted by Gasteiger charge is 2.14. The van der Waals surface area contributed by atoms with Gasteiger partial charge in [-0.1, -0.05) is 38.1 Å². The van der Waals surface area contributed by atoms with Crippen LogP contribution in [0.3, 0.4) is 0 Å². The number of phenolic OH excluding ortho intramolecular Hbond substituents is 1. The fourth-order valence-corrected chi connectivity index (χ4v) is 3.24. The van der Waals surface area contributed by atoms with Crippen molar-refractivity contribution in [3.8, 4) is 16.9 Å². The minimum atomic E-state index is 0.292. The van der Waals surface area contributed by atoms with Crippen LogP contribution in [-0.4, -0.2) is 16.6 Å².